The molecule has 1 N–H and O–H groups in total. The van der Waals surface area contributed by atoms with E-state index in [1.807, 2.05) is 30.3 Å². The molecule has 1 fully saturated rings. The van der Waals surface area contributed by atoms with Gasteiger partial charge >= 0.3 is 0 Å². The lowest BCUT2D eigenvalue weighted by molar-refractivity contribution is -0.125. The van der Waals surface area contributed by atoms with Gasteiger partial charge in [0.15, 0.2) is 4.87 Å². The van der Waals surface area contributed by atoms with Crippen molar-refractivity contribution in [3.05, 3.63) is 35.9 Å². The van der Waals surface area contributed by atoms with Crippen molar-refractivity contribution in [2.45, 2.75) is 50.8 Å². The van der Waals surface area contributed by atoms with E-state index in [-0.39, 0.29) is 11.8 Å². The molecule has 0 saturated heterocycles. The van der Waals surface area contributed by atoms with Gasteiger partial charge in [-0.15, -0.1) is 11.6 Å². The minimum atomic E-state index is -0.940. The highest BCUT2D eigenvalue weighted by molar-refractivity contribution is 6.35. The second-order valence-electron chi connectivity index (χ2n) is 6.70. The standard InChI is InChI=1S/C20H31ClN2O/c1-3-23(4-2)16-15-22-19(24)20(21,17-11-7-5-8-12-17)18-13-9-6-10-14-18/h5,7-8,11-12,18H,3-4,6,9-10,13-16H2,1-2H3,(H,22,24). The Labute approximate surface area is 151 Å². The van der Waals surface area contributed by atoms with Gasteiger partial charge in [-0.1, -0.05) is 63.4 Å². The molecule has 1 amide bonds. The fourth-order valence-corrected chi connectivity index (χ4v) is 4.14. The van der Waals surface area contributed by atoms with Crippen LogP contribution in [0.25, 0.3) is 0 Å². The zero-order valence-corrected chi connectivity index (χ0v) is 15.8. The maximum absolute atomic E-state index is 13.1. The van der Waals surface area contributed by atoms with Gasteiger partial charge in [0, 0.05) is 13.1 Å². The summed E-state index contributed by atoms with van der Waals surface area (Å²) in [7, 11) is 0. The van der Waals surface area contributed by atoms with E-state index in [9.17, 15) is 4.79 Å². The fourth-order valence-electron chi connectivity index (χ4n) is 3.73. The molecule has 3 nitrogen and oxygen atoms in total. The summed E-state index contributed by atoms with van der Waals surface area (Å²) in [5, 5.41) is 3.11. The third-order valence-electron chi connectivity index (χ3n) is 5.30. The van der Waals surface area contributed by atoms with Crippen LogP contribution in [-0.4, -0.2) is 37.0 Å². The molecule has 2 rings (SSSR count). The Bertz CT molecular complexity index is 498. The van der Waals surface area contributed by atoms with Crippen LogP contribution >= 0.6 is 11.6 Å². The number of likely N-dealkylation sites (N-methyl/N-ethyl adjacent to an activating group) is 1. The molecule has 0 bridgehead atoms. The summed E-state index contributed by atoms with van der Waals surface area (Å²) in [6.07, 6.45) is 5.64. The van der Waals surface area contributed by atoms with Crippen LogP contribution in [0.3, 0.4) is 0 Å². The summed E-state index contributed by atoms with van der Waals surface area (Å²) < 4.78 is 0. The average molecular weight is 351 g/mol. The van der Waals surface area contributed by atoms with Crippen molar-refractivity contribution >= 4 is 17.5 Å². The zero-order valence-electron chi connectivity index (χ0n) is 15.1. The first kappa shape index (κ1) is 19.3. The number of amides is 1. The minimum Gasteiger partial charge on any atom is -0.353 e. The maximum atomic E-state index is 13.1. The van der Waals surface area contributed by atoms with Gasteiger partial charge in [-0.3, -0.25) is 4.79 Å². The molecule has 24 heavy (non-hydrogen) atoms. The topological polar surface area (TPSA) is 32.3 Å². The molecule has 0 heterocycles. The van der Waals surface area contributed by atoms with Crippen molar-refractivity contribution in [3.63, 3.8) is 0 Å². The number of hydrogen-bond donors (Lipinski definition) is 1. The normalized spacial score (nSPS) is 18.3. The Morgan fingerprint density at radius 2 is 1.79 bits per heavy atom. The number of benzene rings is 1. The van der Waals surface area contributed by atoms with Gasteiger partial charge in [-0.2, -0.15) is 0 Å². The summed E-state index contributed by atoms with van der Waals surface area (Å²) >= 11 is 7.05. The van der Waals surface area contributed by atoms with E-state index in [0.717, 1.165) is 38.0 Å². The molecule has 0 aromatic heterocycles. The second-order valence-corrected chi connectivity index (χ2v) is 7.29. The van der Waals surface area contributed by atoms with Gasteiger partial charge in [0.05, 0.1) is 0 Å². The van der Waals surface area contributed by atoms with E-state index in [2.05, 4.69) is 24.1 Å². The van der Waals surface area contributed by atoms with Crippen LogP contribution in [0.2, 0.25) is 0 Å². The number of halogens is 1. The number of nitrogens with one attached hydrogen (secondary N) is 1. The Morgan fingerprint density at radius 3 is 2.38 bits per heavy atom. The summed E-state index contributed by atoms with van der Waals surface area (Å²) in [5.41, 5.74) is 0.930. The van der Waals surface area contributed by atoms with Crippen LogP contribution in [0.4, 0.5) is 0 Å². The summed E-state index contributed by atoms with van der Waals surface area (Å²) in [6, 6.07) is 9.90. The van der Waals surface area contributed by atoms with Crippen LogP contribution in [-0.2, 0) is 9.67 Å². The maximum Gasteiger partial charge on any atom is 0.246 e. The lowest BCUT2D eigenvalue weighted by Gasteiger charge is -2.37. The quantitative estimate of drug-likeness (QED) is 0.714. The van der Waals surface area contributed by atoms with Crippen LogP contribution in [0, 0.1) is 5.92 Å². The fraction of sp³-hybridized carbons (Fsp3) is 0.650. The van der Waals surface area contributed by atoms with E-state index < -0.39 is 4.87 Å². The lowest BCUT2D eigenvalue weighted by Crippen LogP contribution is -2.48. The lowest BCUT2D eigenvalue weighted by atomic mass is 9.75. The number of carbonyl (C=O) groups excluding carboxylic acids is 1. The first-order valence-electron chi connectivity index (χ1n) is 9.38. The van der Waals surface area contributed by atoms with Gasteiger partial charge in [0.1, 0.15) is 0 Å². The Morgan fingerprint density at radius 1 is 1.17 bits per heavy atom. The highest BCUT2D eigenvalue weighted by atomic mass is 35.5. The molecule has 1 atom stereocenters. The van der Waals surface area contributed by atoms with E-state index in [0.29, 0.717) is 6.54 Å². The highest BCUT2D eigenvalue weighted by Gasteiger charge is 2.45. The molecule has 1 aromatic carbocycles. The minimum absolute atomic E-state index is 0.0329. The number of carbonyl (C=O) groups is 1. The molecule has 134 valence electrons. The molecular weight excluding hydrogens is 320 g/mol. The van der Waals surface area contributed by atoms with Crippen molar-refractivity contribution in [1.29, 1.82) is 0 Å². The van der Waals surface area contributed by atoms with Gasteiger partial charge in [-0.05, 0) is 37.4 Å². The summed E-state index contributed by atoms with van der Waals surface area (Å²) in [5.74, 6) is 0.179. The van der Waals surface area contributed by atoms with E-state index >= 15 is 0 Å². The van der Waals surface area contributed by atoms with Gasteiger partial charge < -0.3 is 10.2 Å². The third kappa shape index (κ3) is 4.52. The van der Waals surface area contributed by atoms with Crippen molar-refractivity contribution in [2.75, 3.05) is 26.2 Å². The number of hydrogen-bond acceptors (Lipinski definition) is 2. The number of rotatable bonds is 8. The average Bonchev–Trinajstić information content (AvgIpc) is 2.65. The Balaban J connectivity index is 2.11. The molecule has 4 heteroatoms. The SMILES string of the molecule is CCN(CC)CCNC(=O)C(Cl)(c1ccccc1)C1CCCCC1. The predicted octanol–water partition coefficient (Wildman–Crippen LogP) is 4.16. The Hall–Kier alpha value is -1.06. The van der Waals surface area contributed by atoms with Gasteiger partial charge in [0.25, 0.3) is 0 Å². The van der Waals surface area contributed by atoms with Crippen molar-refractivity contribution in [3.8, 4) is 0 Å². The molecule has 1 unspecified atom stereocenters. The molecular formula is C20H31ClN2O. The first-order valence-corrected chi connectivity index (χ1v) is 9.75. The second kappa shape index (κ2) is 9.43. The zero-order chi connectivity index (χ0) is 17.4. The molecule has 1 aliphatic rings. The molecule has 1 aliphatic carbocycles. The van der Waals surface area contributed by atoms with Crippen LogP contribution < -0.4 is 5.32 Å². The van der Waals surface area contributed by atoms with E-state index in [4.69, 9.17) is 11.6 Å². The monoisotopic (exact) mass is 350 g/mol. The van der Waals surface area contributed by atoms with Crippen molar-refractivity contribution < 1.29 is 4.79 Å². The third-order valence-corrected chi connectivity index (χ3v) is 6.00. The number of nitrogens with zero attached hydrogens (tertiary/aromatic N) is 1. The van der Waals surface area contributed by atoms with Crippen LogP contribution in [0.5, 0.6) is 0 Å². The van der Waals surface area contributed by atoms with Crippen LogP contribution in [0.15, 0.2) is 30.3 Å². The Kier molecular flexibility index (Phi) is 7.57. The van der Waals surface area contributed by atoms with E-state index in [1.165, 1.54) is 19.3 Å². The van der Waals surface area contributed by atoms with Gasteiger partial charge in [0.2, 0.25) is 5.91 Å². The van der Waals surface area contributed by atoms with Gasteiger partial charge in [-0.25, -0.2) is 0 Å². The highest BCUT2D eigenvalue weighted by Crippen LogP contribution is 2.44. The predicted molar refractivity (Wildman–Crippen MR) is 101 cm³/mol. The van der Waals surface area contributed by atoms with Crippen molar-refractivity contribution in [2.24, 2.45) is 5.92 Å². The summed E-state index contributed by atoms with van der Waals surface area (Å²) in [6.45, 7) is 7.80. The molecule has 0 spiro atoms. The first-order chi connectivity index (χ1) is 11.6. The smallest absolute Gasteiger partial charge is 0.246 e. The van der Waals surface area contributed by atoms with Crippen LogP contribution in [0.1, 0.15) is 51.5 Å². The number of alkyl halides is 1. The molecule has 1 aromatic rings. The molecule has 1 saturated carbocycles. The largest absolute Gasteiger partial charge is 0.353 e. The van der Waals surface area contributed by atoms with Crippen molar-refractivity contribution in [1.82, 2.24) is 10.2 Å². The summed E-state index contributed by atoms with van der Waals surface area (Å²) in [4.78, 5) is 14.4. The van der Waals surface area contributed by atoms with E-state index in [1.54, 1.807) is 0 Å². The molecule has 0 radical (unpaired) electrons. The molecule has 0 aliphatic heterocycles.